The number of pyridine rings is 2. The van der Waals surface area contributed by atoms with Crippen molar-refractivity contribution in [1.82, 2.24) is 9.97 Å². The van der Waals surface area contributed by atoms with E-state index < -0.39 is 52.6 Å². The molecule has 2 heterocycles. The van der Waals surface area contributed by atoms with E-state index in [0.29, 0.717) is 26.6 Å². The monoisotopic (exact) mass is 770 g/mol. The Kier molecular flexibility index (Phi) is 14.7. The number of aromatic nitrogens is 2. The third-order valence-electron chi connectivity index (χ3n) is 7.44. The minimum atomic E-state index is -1.11. The van der Waals surface area contributed by atoms with Crippen molar-refractivity contribution in [3.05, 3.63) is 100 Å². The van der Waals surface area contributed by atoms with Crippen LogP contribution in [0.1, 0.15) is 84.5 Å². The molecular weight excluding hydrogens is 730 g/mol. The maximum atomic E-state index is 14.8. The second-order valence-electron chi connectivity index (χ2n) is 12.5. The molecule has 0 amide bonds. The van der Waals surface area contributed by atoms with Crippen molar-refractivity contribution in [2.45, 2.75) is 67.6 Å². The number of nitrogens with zero attached hydrogens (tertiary/aromatic N) is 2. The van der Waals surface area contributed by atoms with Gasteiger partial charge in [-0.15, -0.1) is 6.58 Å². The molecule has 0 spiro atoms. The van der Waals surface area contributed by atoms with Gasteiger partial charge >= 0.3 is 23.9 Å². The predicted molar refractivity (Wildman–Crippen MR) is 194 cm³/mol. The molecule has 10 nitrogen and oxygen atoms in total. The summed E-state index contributed by atoms with van der Waals surface area (Å²) in [4.78, 5) is 51.7. The van der Waals surface area contributed by atoms with Crippen LogP contribution in [0.2, 0.25) is 0 Å². The van der Waals surface area contributed by atoms with E-state index in [4.69, 9.17) is 19.7 Å². The lowest BCUT2D eigenvalue weighted by atomic mass is 9.92. The Hall–Kier alpha value is -5.04. The standard InChI is InChI=1S/C19H20FNO4.C13H11BrFNO2.C6H10O2/c1-11(25-12(2)22)15-8-7-14-6-5-13(16(20)17(14)21-15)9-10-19(3,4)18(23)24;1-7(18-8(2)17)11-6-4-9-3-5-10(14)12(15)13(9)16-11;1-4-6(2,3)5(7)8/h5-11H,1-4H3,(H,23,24);3-7H,1-2H3;4H,1H2,2-3H3,(H,7,8)/b10-9+;;/t11-;7-;/m11./s1. The number of hydrogen-bond donors (Lipinski definition) is 2. The van der Waals surface area contributed by atoms with Crippen LogP contribution in [0, 0.1) is 22.5 Å². The summed E-state index contributed by atoms with van der Waals surface area (Å²) in [5, 5.41) is 18.8. The highest BCUT2D eigenvalue weighted by Gasteiger charge is 2.24. The molecule has 4 rings (SSSR count). The summed E-state index contributed by atoms with van der Waals surface area (Å²) in [6.07, 6.45) is 3.20. The Morgan fingerprint density at radius 2 is 1.16 bits per heavy atom. The van der Waals surface area contributed by atoms with E-state index in [9.17, 15) is 28.0 Å². The fraction of sp³-hybridized carbons (Fsp3) is 0.316. The highest BCUT2D eigenvalue weighted by atomic mass is 79.9. The molecule has 0 unspecified atom stereocenters. The van der Waals surface area contributed by atoms with Crippen LogP contribution in [-0.2, 0) is 28.7 Å². The minimum absolute atomic E-state index is 0.145. The summed E-state index contributed by atoms with van der Waals surface area (Å²) in [5.41, 5.74) is -0.275. The van der Waals surface area contributed by atoms with Crippen LogP contribution in [0.25, 0.3) is 27.9 Å². The van der Waals surface area contributed by atoms with Gasteiger partial charge in [0.1, 0.15) is 23.2 Å². The van der Waals surface area contributed by atoms with Crippen LogP contribution in [-0.4, -0.2) is 44.1 Å². The molecular formula is C38H41BrF2N2O8. The first-order chi connectivity index (χ1) is 23.6. The highest BCUT2D eigenvalue weighted by Crippen LogP contribution is 2.27. The van der Waals surface area contributed by atoms with Gasteiger partial charge in [-0.3, -0.25) is 19.2 Å². The lowest BCUT2D eigenvalue weighted by Gasteiger charge is -2.14. The topological polar surface area (TPSA) is 153 Å². The van der Waals surface area contributed by atoms with Gasteiger partial charge in [-0.1, -0.05) is 48.6 Å². The molecule has 0 aliphatic heterocycles. The van der Waals surface area contributed by atoms with Crippen LogP contribution in [0.15, 0.2) is 71.7 Å². The van der Waals surface area contributed by atoms with Gasteiger partial charge in [-0.25, -0.2) is 18.7 Å². The molecule has 2 atom stereocenters. The van der Waals surface area contributed by atoms with Crippen molar-refractivity contribution in [3.8, 4) is 0 Å². The Labute approximate surface area is 303 Å². The number of carbonyl (C=O) groups excluding carboxylic acids is 2. The van der Waals surface area contributed by atoms with Gasteiger partial charge in [0.25, 0.3) is 0 Å². The molecule has 2 aromatic carbocycles. The molecule has 51 heavy (non-hydrogen) atoms. The summed E-state index contributed by atoms with van der Waals surface area (Å²) in [6, 6.07) is 13.6. The molecule has 0 radical (unpaired) electrons. The van der Waals surface area contributed by atoms with E-state index in [1.807, 2.05) is 0 Å². The fourth-order valence-electron chi connectivity index (χ4n) is 3.99. The van der Waals surface area contributed by atoms with Crippen LogP contribution >= 0.6 is 15.9 Å². The van der Waals surface area contributed by atoms with Gasteiger partial charge in [0.05, 0.1) is 26.7 Å². The van der Waals surface area contributed by atoms with Crippen molar-refractivity contribution < 1.29 is 47.6 Å². The van der Waals surface area contributed by atoms with Gasteiger partial charge in [0.2, 0.25) is 0 Å². The smallest absolute Gasteiger partial charge is 0.312 e. The number of carboxylic acid groups (broad SMARTS) is 2. The average Bonchev–Trinajstić information content (AvgIpc) is 3.05. The quantitative estimate of drug-likeness (QED) is 0.124. The number of benzene rings is 2. The largest absolute Gasteiger partial charge is 0.481 e. The molecule has 2 N–H and O–H groups in total. The van der Waals surface area contributed by atoms with Crippen molar-refractivity contribution >= 4 is 67.7 Å². The van der Waals surface area contributed by atoms with Crippen LogP contribution < -0.4 is 0 Å². The van der Waals surface area contributed by atoms with Crippen LogP contribution in [0.3, 0.4) is 0 Å². The number of rotatable bonds is 9. The van der Waals surface area contributed by atoms with E-state index >= 15 is 0 Å². The minimum Gasteiger partial charge on any atom is -0.481 e. The highest BCUT2D eigenvalue weighted by molar-refractivity contribution is 9.10. The number of hydrogen-bond acceptors (Lipinski definition) is 8. The van der Waals surface area contributed by atoms with Crippen LogP contribution in [0.5, 0.6) is 0 Å². The lowest BCUT2D eigenvalue weighted by molar-refractivity contribution is -0.147. The number of fused-ring (bicyclic) bond motifs is 2. The molecule has 272 valence electrons. The summed E-state index contributed by atoms with van der Waals surface area (Å²) in [7, 11) is 0. The molecule has 13 heteroatoms. The molecule has 2 aromatic heterocycles. The normalized spacial score (nSPS) is 12.5. The number of ether oxygens (including phenoxy) is 2. The lowest BCUT2D eigenvalue weighted by Crippen LogP contribution is -2.20. The van der Waals surface area contributed by atoms with Gasteiger partial charge in [0.15, 0.2) is 11.6 Å². The first kappa shape index (κ1) is 42.1. The summed E-state index contributed by atoms with van der Waals surface area (Å²) in [5.74, 6) is -3.63. The van der Waals surface area contributed by atoms with Crippen molar-refractivity contribution in [2.75, 3.05) is 0 Å². The van der Waals surface area contributed by atoms with E-state index in [1.165, 1.54) is 45.9 Å². The van der Waals surface area contributed by atoms with E-state index in [1.54, 1.807) is 76.2 Å². The van der Waals surface area contributed by atoms with Gasteiger partial charge < -0.3 is 19.7 Å². The zero-order valence-electron chi connectivity index (χ0n) is 29.6. The number of carboxylic acids is 2. The average molecular weight is 772 g/mol. The SMILES string of the molecule is C=CC(C)(C)C(=O)O.CC(=O)O[C@H](C)c1ccc2ccc(/C=C/C(C)(C)C(=O)O)c(F)c2n1.CC(=O)O[C@H](C)c1ccc2ccc(Br)c(F)c2n1. The first-order valence-electron chi connectivity index (χ1n) is 15.6. The van der Waals surface area contributed by atoms with Crippen LogP contribution in [0.4, 0.5) is 8.78 Å². The Bertz CT molecular complexity index is 1980. The number of aliphatic carboxylic acids is 2. The molecule has 0 saturated heterocycles. The number of carbonyl (C=O) groups is 4. The second kappa shape index (κ2) is 17.8. The summed E-state index contributed by atoms with van der Waals surface area (Å²) >= 11 is 3.12. The molecule has 0 aliphatic carbocycles. The van der Waals surface area contributed by atoms with Gasteiger partial charge in [-0.2, -0.15) is 0 Å². The third kappa shape index (κ3) is 11.8. The number of esters is 2. The van der Waals surface area contributed by atoms with E-state index in [0.717, 1.165) is 0 Å². The summed E-state index contributed by atoms with van der Waals surface area (Å²) in [6.45, 7) is 15.6. The van der Waals surface area contributed by atoms with E-state index in [-0.39, 0.29) is 22.6 Å². The maximum absolute atomic E-state index is 14.8. The van der Waals surface area contributed by atoms with Gasteiger partial charge in [-0.05, 0) is 75.7 Å². The Morgan fingerprint density at radius 1 is 0.745 bits per heavy atom. The van der Waals surface area contributed by atoms with E-state index in [2.05, 4.69) is 32.5 Å². The first-order valence-corrected chi connectivity index (χ1v) is 16.4. The summed E-state index contributed by atoms with van der Waals surface area (Å²) < 4.78 is 39.1. The molecule has 0 bridgehead atoms. The molecule has 0 fully saturated rings. The van der Waals surface area contributed by atoms with Crippen molar-refractivity contribution in [2.24, 2.45) is 10.8 Å². The number of halogens is 3. The maximum Gasteiger partial charge on any atom is 0.312 e. The fourth-order valence-corrected chi connectivity index (χ4v) is 4.31. The Morgan fingerprint density at radius 3 is 1.55 bits per heavy atom. The Balaban J connectivity index is 0.000000301. The zero-order valence-corrected chi connectivity index (χ0v) is 31.2. The second-order valence-corrected chi connectivity index (χ2v) is 13.4. The molecule has 0 aliphatic rings. The molecule has 0 saturated carbocycles. The third-order valence-corrected chi connectivity index (χ3v) is 8.05. The van der Waals surface area contributed by atoms with Gasteiger partial charge in [0, 0.05) is 30.2 Å². The van der Waals surface area contributed by atoms with Crippen molar-refractivity contribution in [1.29, 1.82) is 0 Å². The predicted octanol–water partition coefficient (Wildman–Crippen LogP) is 9.17. The molecule has 4 aromatic rings. The van der Waals surface area contributed by atoms with Crippen molar-refractivity contribution in [3.63, 3.8) is 0 Å². The zero-order chi connectivity index (χ0) is 38.8.